The molecule has 7 aromatic carbocycles. The Labute approximate surface area is 310 Å². The molecule has 11 aromatic rings. The van der Waals surface area contributed by atoms with Crippen LogP contribution >= 0.6 is 0 Å². The summed E-state index contributed by atoms with van der Waals surface area (Å²) in [7, 11) is 0. The predicted octanol–water partition coefficient (Wildman–Crippen LogP) is 11.6. The maximum atomic E-state index is 5.45. The Morgan fingerprint density at radius 3 is 1.46 bits per heavy atom. The van der Waals surface area contributed by atoms with Crippen molar-refractivity contribution in [3.63, 3.8) is 0 Å². The topological polar surface area (TPSA) is 60.9 Å². The summed E-state index contributed by atoms with van der Waals surface area (Å²) in [5.41, 5.74) is 9.10. The normalized spacial score (nSPS) is 11.7. The van der Waals surface area contributed by atoms with E-state index in [9.17, 15) is 0 Å². The Hall–Kier alpha value is -7.44. The number of imidazole rings is 1. The highest BCUT2D eigenvalue weighted by molar-refractivity contribution is 6.28. The SMILES string of the molecule is c1ccc(-c2nc(-c3ccccc3)nc(-n3c4ccccc4c4ccc5c(c6ccccc6n6c(-c7ccccc7)nc(-c7ccccc7)c56)c43)n2)cc1. The van der Waals surface area contributed by atoms with Crippen molar-refractivity contribution in [1.82, 2.24) is 28.9 Å². The van der Waals surface area contributed by atoms with Crippen molar-refractivity contribution in [2.45, 2.75) is 0 Å². The van der Waals surface area contributed by atoms with Crippen LogP contribution in [0.3, 0.4) is 0 Å². The van der Waals surface area contributed by atoms with Crippen LogP contribution in [-0.2, 0) is 0 Å². The zero-order valence-corrected chi connectivity index (χ0v) is 29.0. The number of para-hydroxylation sites is 2. The smallest absolute Gasteiger partial charge is 0.238 e. The molecule has 0 spiro atoms. The lowest BCUT2D eigenvalue weighted by Gasteiger charge is -2.15. The Bertz CT molecular complexity index is 3130. The van der Waals surface area contributed by atoms with Gasteiger partial charge >= 0.3 is 0 Å². The highest BCUT2D eigenvalue weighted by Gasteiger charge is 2.25. The van der Waals surface area contributed by atoms with Gasteiger partial charge in [-0.05, 0) is 12.1 Å². The molecule has 0 fully saturated rings. The summed E-state index contributed by atoms with van der Waals surface area (Å²) in [4.78, 5) is 21.0. The van der Waals surface area contributed by atoms with Crippen molar-refractivity contribution in [3.8, 4) is 51.4 Å². The summed E-state index contributed by atoms with van der Waals surface area (Å²) in [6.45, 7) is 0. The fourth-order valence-corrected chi connectivity index (χ4v) is 7.99. The summed E-state index contributed by atoms with van der Waals surface area (Å²) >= 11 is 0. The molecule has 54 heavy (non-hydrogen) atoms. The fourth-order valence-electron chi connectivity index (χ4n) is 7.99. The van der Waals surface area contributed by atoms with Crippen molar-refractivity contribution in [2.24, 2.45) is 0 Å². The molecule has 4 aromatic heterocycles. The second-order valence-electron chi connectivity index (χ2n) is 13.5. The van der Waals surface area contributed by atoms with E-state index in [0.717, 1.165) is 82.8 Å². The summed E-state index contributed by atoms with van der Waals surface area (Å²) in [5.74, 6) is 2.70. The average molecular weight is 691 g/mol. The Balaban J connectivity index is 1.34. The molecule has 6 nitrogen and oxygen atoms in total. The minimum Gasteiger partial charge on any atom is -0.291 e. The molecule has 0 aliphatic carbocycles. The molecule has 0 saturated carbocycles. The number of fused-ring (bicyclic) bond motifs is 10. The fraction of sp³-hybridized carbons (Fsp3) is 0. The monoisotopic (exact) mass is 690 g/mol. The molecule has 0 atom stereocenters. The lowest BCUT2D eigenvalue weighted by molar-refractivity contribution is 0.955. The van der Waals surface area contributed by atoms with Gasteiger partial charge in [-0.25, -0.2) is 9.97 Å². The minimum atomic E-state index is 0.562. The van der Waals surface area contributed by atoms with Crippen LogP contribution in [0.25, 0.3) is 100 Å². The van der Waals surface area contributed by atoms with Crippen LogP contribution in [-0.4, -0.2) is 28.9 Å². The number of benzene rings is 7. The number of rotatable bonds is 5. The number of aromatic nitrogens is 6. The Morgan fingerprint density at radius 1 is 0.333 bits per heavy atom. The van der Waals surface area contributed by atoms with E-state index in [2.05, 4.69) is 148 Å². The number of nitrogens with zero attached hydrogens (tertiary/aromatic N) is 6. The first-order chi connectivity index (χ1) is 26.8. The van der Waals surface area contributed by atoms with Gasteiger partial charge in [-0.1, -0.05) is 170 Å². The molecule has 4 heterocycles. The number of hydrogen-bond donors (Lipinski definition) is 0. The lowest BCUT2D eigenvalue weighted by Crippen LogP contribution is -2.07. The minimum absolute atomic E-state index is 0.562. The molecule has 0 radical (unpaired) electrons. The van der Waals surface area contributed by atoms with Gasteiger partial charge in [0.1, 0.15) is 5.82 Å². The zero-order chi connectivity index (χ0) is 35.6. The molecule has 0 bridgehead atoms. The van der Waals surface area contributed by atoms with E-state index in [-0.39, 0.29) is 0 Å². The molecule has 11 rings (SSSR count). The largest absolute Gasteiger partial charge is 0.291 e. The van der Waals surface area contributed by atoms with Crippen LogP contribution in [0.15, 0.2) is 182 Å². The van der Waals surface area contributed by atoms with Crippen LogP contribution in [0, 0.1) is 0 Å². The standard InChI is InChI=1S/C48H30N6/c1-5-17-31(18-6-1)42-44-38-30-29-36-35-25-13-15-27-39(35)54(48-51-45(32-19-7-2-8-20-32)50-46(52-48)33-21-9-3-10-22-33)43(36)41(38)37-26-14-16-28-40(37)53(44)47(49-42)34-23-11-4-12-24-34/h1-30H. The summed E-state index contributed by atoms with van der Waals surface area (Å²) in [6, 6.07) is 63.1. The average Bonchev–Trinajstić information content (AvgIpc) is 3.82. The molecular formula is C48H30N6. The summed E-state index contributed by atoms with van der Waals surface area (Å²) in [6.07, 6.45) is 0. The van der Waals surface area contributed by atoms with E-state index < -0.39 is 0 Å². The van der Waals surface area contributed by atoms with Gasteiger partial charge in [0, 0.05) is 49.2 Å². The van der Waals surface area contributed by atoms with E-state index in [1.807, 2.05) is 42.5 Å². The van der Waals surface area contributed by atoms with Gasteiger partial charge in [-0.2, -0.15) is 9.97 Å². The van der Waals surface area contributed by atoms with Crippen molar-refractivity contribution in [3.05, 3.63) is 182 Å². The molecular weight excluding hydrogens is 661 g/mol. The number of pyridine rings is 1. The van der Waals surface area contributed by atoms with Crippen molar-refractivity contribution >= 4 is 49.0 Å². The van der Waals surface area contributed by atoms with Gasteiger partial charge in [-0.3, -0.25) is 8.97 Å². The summed E-state index contributed by atoms with van der Waals surface area (Å²) < 4.78 is 4.59. The van der Waals surface area contributed by atoms with Gasteiger partial charge in [0.05, 0.1) is 27.8 Å². The highest BCUT2D eigenvalue weighted by atomic mass is 15.2. The molecule has 252 valence electrons. The van der Waals surface area contributed by atoms with Crippen LogP contribution in [0.2, 0.25) is 0 Å². The molecule has 0 saturated heterocycles. The van der Waals surface area contributed by atoms with E-state index >= 15 is 0 Å². The quantitative estimate of drug-likeness (QED) is 0.169. The Morgan fingerprint density at radius 2 is 0.833 bits per heavy atom. The van der Waals surface area contributed by atoms with Crippen molar-refractivity contribution in [1.29, 1.82) is 0 Å². The van der Waals surface area contributed by atoms with Gasteiger partial charge in [0.2, 0.25) is 5.95 Å². The third-order valence-electron chi connectivity index (χ3n) is 10.4. The first-order valence-electron chi connectivity index (χ1n) is 18.1. The molecule has 0 N–H and O–H groups in total. The molecule has 6 heteroatoms. The van der Waals surface area contributed by atoms with E-state index in [1.165, 1.54) is 0 Å². The van der Waals surface area contributed by atoms with Gasteiger partial charge < -0.3 is 0 Å². The second kappa shape index (κ2) is 12.1. The summed E-state index contributed by atoms with van der Waals surface area (Å²) in [5, 5.41) is 5.58. The maximum Gasteiger partial charge on any atom is 0.238 e. The maximum absolute atomic E-state index is 5.45. The molecule has 0 unspecified atom stereocenters. The van der Waals surface area contributed by atoms with Crippen LogP contribution < -0.4 is 0 Å². The van der Waals surface area contributed by atoms with E-state index in [1.54, 1.807) is 0 Å². The first kappa shape index (κ1) is 30.2. The third-order valence-corrected chi connectivity index (χ3v) is 10.4. The van der Waals surface area contributed by atoms with Crippen LogP contribution in [0.5, 0.6) is 0 Å². The van der Waals surface area contributed by atoms with Crippen molar-refractivity contribution < 1.29 is 0 Å². The van der Waals surface area contributed by atoms with Crippen LogP contribution in [0.1, 0.15) is 0 Å². The van der Waals surface area contributed by atoms with Gasteiger partial charge in [0.15, 0.2) is 11.6 Å². The van der Waals surface area contributed by atoms with Gasteiger partial charge in [0.25, 0.3) is 0 Å². The highest BCUT2D eigenvalue weighted by Crippen LogP contribution is 2.44. The van der Waals surface area contributed by atoms with Crippen LogP contribution in [0.4, 0.5) is 0 Å². The molecule has 0 aliphatic rings. The van der Waals surface area contributed by atoms with E-state index in [4.69, 9.17) is 19.9 Å². The number of hydrogen-bond acceptors (Lipinski definition) is 4. The lowest BCUT2D eigenvalue weighted by atomic mass is 9.99. The van der Waals surface area contributed by atoms with E-state index in [0.29, 0.717) is 17.6 Å². The molecule has 0 amide bonds. The third kappa shape index (κ3) is 4.60. The molecule has 0 aliphatic heterocycles. The zero-order valence-electron chi connectivity index (χ0n) is 29.0. The van der Waals surface area contributed by atoms with Gasteiger partial charge in [-0.15, -0.1) is 0 Å². The Kier molecular flexibility index (Phi) is 6.75. The second-order valence-corrected chi connectivity index (χ2v) is 13.5. The first-order valence-corrected chi connectivity index (χ1v) is 18.1. The van der Waals surface area contributed by atoms with Crippen molar-refractivity contribution in [2.75, 3.05) is 0 Å². The predicted molar refractivity (Wildman–Crippen MR) is 220 cm³/mol.